The van der Waals surface area contributed by atoms with E-state index in [0.29, 0.717) is 28.1 Å². The Morgan fingerprint density at radius 3 is 2.56 bits per heavy atom. The standard InChI is InChI=1S/C27H27FN2O4/c1-16-10-11-17(28)14-23(16)34-15-21-19(18-8-6-7-9-20(18)25(31)33-5)12-13-22-24(21)30(4)26(32)27(2,3)29-22/h6-14,29H,15H2,1-5H3. The van der Waals surface area contributed by atoms with Crippen LogP contribution in [0.2, 0.25) is 0 Å². The Kier molecular flexibility index (Phi) is 6.04. The van der Waals surface area contributed by atoms with E-state index in [1.165, 1.54) is 19.2 Å². The Bertz CT molecular complexity index is 1290. The summed E-state index contributed by atoms with van der Waals surface area (Å²) in [5.41, 5.74) is 3.86. The molecule has 3 aromatic rings. The van der Waals surface area contributed by atoms with Crippen LogP contribution in [0.15, 0.2) is 54.6 Å². The third kappa shape index (κ3) is 4.09. The molecule has 176 valence electrons. The molecule has 0 aliphatic carbocycles. The average molecular weight is 463 g/mol. The van der Waals surface area contributed by atoms with Crippen LogP contribution in [-0.2, 0) is 16.1 Å². The fourth-order valence-corrected chi connectivity index (χ4v) is 4.31. The zero-order chi connectivity index (χ0) is 24.6. The molecule has 0 saturated heterocycles. The first-order chi connectivity index (χ1) is 16.1. The van der Waals surface area contributed by atoms with E-state index in [1.54, 1.807) is 30.1 Å². The van der Waals surface area contributed by atoms with E-state index in [4.69, 9.17) is 9.47 Å². The molecule has 0 saturated carbocycles. The summed E-state index contributed by atoms with van der Waals surface area (Å²) in [6, 6.07) is 15.3. The quantitative estimate of drug-likeness (QED) is 0.519. The summed E-state index contributed by atoms with van der Waals surface area (Å²) in [6.45, 7) is 5.53. The summed E-state index contributed by atoms with van der Waals surface area (Å²) in [5.74, 6) is -0.572. The molecule has 1 aliphatic rings. The van der Waals surface area contributed by atoms with Gasteiger partial charge in [0, 0.05) is 18.7 Å². The van der Waals surface area contributed by atoms with E-state index in [1.807, 2.05) is 45.0 Å². The highest BCUT2D eigenvalue weighted by molar-refractivity contribution is 6.09. The maximum absolute atomic E-state index is 13.9. The van der Waals surface area contributed by atoms with Crippen LogP contribution in [0, 0.1) is 12.7 Å². The van der Waals surface area contributed by atoms with Crippen molar-refractivity contribution >= 4 is 23.3 Å². The third-order valence-corrected chi connectivity index (χ3v) is 6.05. The summed E-state index contributed by atoms with van der Waals surface area (Å²) >= 11 is 0. The molecule has 0 radical (unpaired) electrons. The lowest BCUT2D eigenvalue weighted by Crippen LogP contribution is -2.52. The zero-order valence-electron chi connectivity index (χ0n) is 19.9. The zero-order valence-corrected chi connectivity index (χ0v) is 19.9. The number of fused-ring (bicyclic) bond motifs is 1. The second kappa shape index (κ2) is 8.82. The lowest BCUT2D eigenvalue weighted by atomic mass is 9.90. The SMILES string of the molecule is COC(=O)c1ccccc1-c1ccc2c(c1COc1cc(F)ccc1C)N(C)C(=O)C(C)(C)N2. The van der Waals surface area contributed by atoms with Gasteiger partial charge in [0.15, 0.2) is 0 Å². The van der Waals surface area contributed by atoms with Gasteiger partial charge in [0.25, 0.3) is 5.91 Å². The summed E-state index contributed by atoms with van der Waals surface area (Å²) in [6.07, 6.45) is 0. The normalized spacial score (nSPS) is 14.3. The van der Waals surface area contributed by atoms with Gasteiger partial charge in [0.2, 0.25) is 0 Å². The number of rotatable bonds is 5. The molecule has 0 bridgehead atoms. The molecule has 0 unspecified atom stereocenters. The molecule has 3 aromatic carbocycles. The van der Waals surface area contributed by atoms with Crippen molar-refractivity contribution in [3.05, 3.63) is 77.1 Å². The Morgan fingerprint density at radius 2 is 1.82 bits per heavy atom. The number of carbonyl (C=O) groups is 2. The molecule has 34 heavy (non-hydrogen) atoms. The van der Waals surface area contributed by atoms with Crippen molar-refractivity contribution in [3.63, 3.8) is 0 Å². The topological polar surface area (TPSA) is 67.9 Å². The van der Waals surface area contributed by atoms with Crippen LogP contribution in [0.5, 0.6) is 5.75 Å². The number of hydrogen-bond donors (Lipinski definition) is 1. The molecule has 0 aromatic heterocycles. The van der Waals surface area contributed by atoms with Crippen molar-refractivity contribution in [2.24, 2.45) is 0 Å². The number of halogens is 1. The lowest BCUT2D eigenvalue weighted by molar-refractivity contribution is -0.121. The first-order valence-electron chi connectivity index (χ1n) is 10.9. The molecular formula is C27H27FN2O4. The summed E-state index contributed by atoms with van der Waals surface area (Å²) < 4.78 is 24.9. The molecule has 1 N–H and O–H groups in total. The van der Waals surface area contributed by atoms with Crippen LogP contribution in [0.25, 0.3) is 11.1 Å². The van der Waals surface area contributed by atoms with Crippen molar-refractivity contribution in [2.45, 2.75) is 32.9 Å². The fraction of sp³-hybridized carbons (Fsp3) is 0.259. The minimum Gasteiger partial charge on any atom is -0.488 e. The van der Waals surface area contributed by atoms with Gasteiger partial charge in [-0.3, -0.25) is 4.79 Å². The molecule has 1 heterocycles. The van der Waals surface area contributed by atoms with Crippen molar-refractivity contribution < 1.29 is 23.5 Å². The molecular weight excluding hydrogens is 435 g/mol. The van der Waals surface area contributed by atoms with Gasteiger partial charge in [-0.25, -0.2) is 9.18 Å². The molecule has 1 amide bonds. The van der Waals surface area contributed by atoms with E-state index >= 15 is 0 Å². The lowest BCUT2D eigenvalue weighted by Gasteiger charge is -2.39. The van der Waals surface area contributed by atoms with Crippen LogP contribution in [0.3, 0.4) is 0 Å². The first-order valence-corrected chi connectivity index (χ1v) is 10.9. The Morgan fingerprint density at radius 1 is 1.09 bits per heavy atom. The molecule has 0 spiro atoms. The Hall–Kier alpha value is -3.87. The van der Waals surface area contributed by atoms with Gasteiger partial charge in [-0.15, -0.1) is 0 Å². The largest absolute Gasteiger partial charge is 0.488 e. The van der Waals surface area contributed by atoms with Crippen molar-refractivity contribution in [2.75, 3.05) is 24.4 Å². The fourth-order valence-electron chi connectivity index (χ4n) is 4.31. The number of nitrogens with zero attached hydrogens (tertiary/aromatic N) is 1. The third-order valence-electron chi connectivity index (χ3n) is 6.05. The molecule has 0 atom stereocenters. The number of hydrogen-bond acceptors (Lipinski definition) is 5. The minimum absolute atomic E-state index is 0.0536. The monoisotopic (exact) mass is 462 g/mol. The number of methoxy groups -OCH3 is 1. The molecule has 6 nitrogen and oxygen atoms in total. The number of esters is 1. The number of benzene rings is 3. The van der Waals surface area contributed by atoms with E-state index in [0.717, 1.165) is 16.8 Å². The highest BCUT2D eigenvalue weighted by atomic mass is 19.1. The summed E-state index contributed by atoms with van der Waals surface area (Å²) in [5, 5.41) is 3.30. The second-order valence-electron chi connectivity index (χ2n) is 8.84. The molecule has 0 fully saturated rings. The van der Waals surface area contributed by atoms with Gasteiger partial charge >= 0.3 is 5.97 Å². The summed E-state index contributed by atoms with van der Waals surface area (Å²) in [7, 11) is 3.05. The van der Waals surface area contributed by atoms with Gasteiger partial charge in [0.1, 0.15) is 23.7 Å². The molecule has 1 aliphatic heterocycles. The minimum atomic E-state index is -0.787. The van der Waals surface area contributed by atoms with E-state index in [9.17, 15) is 14.0 Å². The predicted octanol–water partition coefficient (Wildman–Crippen LogP) is 5.33. The molecule has 4 rings (SSSR count). The van der Waals surface area contributed by atoms with Crippen LogP contribution >= 0.6 is 0 Å². The Labute approximate surface area is 198 Å². The van der Waals surface area contributed by atoms with Crippen LogP contribution in [-0.4, -0.2) is 31.6 Å². The van der Waals surface area contributed by atoms with Crippen molar-refractivity contribution in [3.8, 4) is 16.9 Å². The number of anilines is 2. The summed E-state index contributed by atoms with van der Waals surface area (Å²) in [4.78, 5) is 27.2. The number of carbonyl (C=O) groups excluding carboxylic acids is 2. The van der Waals surface area contributed by atoms with Crippen molar-refractivity contribution in [1.29, 1.82) is 0 Å². The number of aryl methyl sites for hydroxylation is 1. The van der Waals surface area contributed by atoms with Gasteiger partial charge < -0.3 is 19.7 Å². The highest BCUT2D eigenvalue weighted by Crippen LogP contribution is 2.43. The van der Waals surface area contributed by atoms with Gasteiger partial charge in [0.05, 0.1) is 24.0 Å². The smallest absolute Gasteiger partial charge is 0.338 e. The number of ether oxygens (including phenoxy) is 2. The van der Waals surface area contributed by atoms with E-state index in [2.05, 4.69) is 5.32 Å². The van der Waals surface area contributed by atoms with Crippen LogP contribution in [0.4, 0.5) is 15.8 Å². The van der Waals surface area contributed by atoms with Gasteiger partial charge in [-0.05, 0) is 55.7 Å². The number of likely N-dealkylation sites (N-methyl/N-ethyl adjacent to an activating group) is 1. The Balaban J connectivity index is 1.91. The van der Waals surface area contributed by atoms with Crippen LogP contribution < -0.4 is 15.0 Å². The first kappa shape index (κ1) is 23.3. The maximum atomic E-state index is 13.9. The molecule has 7 heteroatoms. The van der Waals surface area contributed by atoms with Gasteiger partial charge in [-0.2, -0.15) is 0 Å². The van der Waals surface area contributed by atoms with Crippen molar-refractivity contribution in [1.82, 2.24) is 0 Å². The highest BCUT2D eigenvalue weighted by Gasteiger charge is 2.38. The van der Waals surface area contributed by atoms with Crippen LogP contribution in [0.1, 0.15) is 35.3 Å². The second-order valence-corrected chi connectivity index (χ2v) is 8.84. The predicted molar refractivity (Wildman–Crippen MR) is 130 cm³/mol. The number of nitrogens with one attached hydrogen (secondary N) is 1. The average Bonchev–Trinajstić information content (AvgIpc) is 2.82. The number of amides is 1. The van der Waals surface area contributed by atoms with Gasteiger partial charge in [-0.1, -0.05) is 30.3 Å². The van der Waals surface area contributed by atoms with E-state index in [-0.39, 0.29) is 12.5 Å². The maximum Gasteiger partial charge on any atom is 0.338 e. The van der Waals surface area contributed by atoms with E-state index < -0.39 is 17.3 Å².